The van der Waals surface area contributed by atoms with Gasteiger partial charge < -0.3 is 14.6 Å². The summed E-state index contributed by atoms with van der Waals surface area (Å²) in [4.78, 5) is 2.17. The van der Waals surface area contributed by atoms with E-state index in [1.807, 2.05) is 31.3 Å². The van der Waals surface area contributed by atoms with Crippen LogP contribution >= 0.6 is 0 Å². The molecule has 0 saturated carbocycles. The van der Waals surface area contributed by atoms with E-state index in [1.54, 1.807) is 7.11 Å². The summed E-state index contributed by atoms with van der Waals surface area (Å²) in [6.45, 7) is 1.34. The van der Waals surface area contributed by atoms with Gasteiger partial charge in [-0.3, -0.25) is 4.90 Å². The first-order chi connectivity index (χ1) is 12.2. The average molecular weight is 341 g/mol. The first-order valence-electron chi connectivity index (χ1n) is 8.87. The van der Waals surface area contributed by atoms with Crippen molar-refractivity contribution in [3.05, 3.63) is 59.7 Å². The summed E-state index contributed by atoms with van der Waals surface area (Å²) in [5, 5.41) is 9.77. The zero-order valence-corrected chi connectivity index (χ0v) is 15.0. The molecule has 0 aliphatic carbocycles. The monoisotopic (exact) mass is 341 g/mol. The van der Waals surface area contributed by atoms with Crippen molar-refractivity contribution in [2.45, 2.75) is 31.4 Å². The molecule has 2 aromatic rings. The summed E-state index contributed by atoms with van der Waals surface area (Å²) < 4.78 is 11.4. The molecule has 1 heterocycles. The van der Waals surface area contributed by atoms with E-state index >= 15 is 0 Å². The molecule has 2 atom stereocenters. The Bertz CT molecular complexity index is 688. The molecular formula is C21H27NO3. The van der Waals surface area contributed by atoms with Crippen LogP contribution in [0, 0.1) is 0 Å². The molecule has 0 bridgehead atoms. The minimum Gasteiger partial charge on any atom is -0.497 e. The van der Waals surface area contributed by atoms with Gasteiger partial charge in [-0.15, -0.1) is 0 Å². The summed E-state index contributed by atoms with van der Waals surface area (Å²) >= 11 is 0. The molecule has 4 heteroatoms. The van der Waals surface area contributed by atoms with Gasteiger partial charge in [0.05, 0.1) is 13.2 Å². The quantitative estimate of drug-likeness (QED) is 0.841. The number of aliphatic hydroxyl groups excluding tert-OH is 1. The van der Waals surface area contributed by atoms with E-state index < -0.39 is 0 Å². The number of rotatable bonds is 7. The van der Waals surface area contributed by atoms with Crippen LogP contribution in [-0.2, 0) is 12.8 Å². The van der Waals surface area contributed by atoms with E-state index in [2.05, 4.69) is 29.2 Å². The van der Waals surface area contributed by atoms with E-state index in [9.17, 15) is 5.11 Å². The molecule has 4 nitrogen and oxygen atoms in total. The second kappa shape index (κ2) is 8.37. The number of likely N-dealkylation sites (N-methyl/N-ethyl adjacent to an activating group) is 1. The second-order valence-corrected chi connectivity index (χ2v) is 6.75. The van der Waals surface area contributed by atoms with Crippen molar-refractivity contribution < 1.29 is 14.6 Å². The Morgan fingerprint density at radius 1 is 1.12 bits per heavy atom. The lowest BCUT2D eigenvalue weighted by Crippen LogP contribution is -2.30. The van der Waals surface area contributed by atoms with Crippen LogP contribution in [0.5, 0.6) is 11.5 Å². The Balaban J connectivity index is 1.60. The summed E-state index contributed by atoms with van der Waals surface area (Å²) in [6.07, 6.45) is 2.41. The van der Waals surface area contributed by atoms with Gasteiger partial charge in [-0.2, -0.15) is 0 Å². The van der Waals surface area contributed by atoms with Crippen molar-refractivity contribution in [2.24, 2.45) is 0 Å². The standard InChI is InChI=1S/C21H27NO3/c1-22-14-19(23)13-18(22)15-25-21-9-4-3-7-17(21)11-10-16-6-5-8-20(12-16)24-2/h3-9,12,18-19,23H,10-11,13-15H2,1-2H3/t18-,19-/m1/s1. The minimum absolute atomic E-state index is 0.234. The fraction of sp³-hybridized carbons (Fsp3) is 0.429. The Morgan fingerprint density at radius 2 is 1.96 bits per heavy atom. The van der Waals surface area contributed by atoms with E-state index in [0.717, 1.165) is 37.3 Å². The van der Waals surface area contributed by atoms with Crippen molar-refractivity contribution in [3.8, 4) is 11.5 Å². The van der Waals surface area contributed by atoms with E-state index in [-0.39, 0.29) is 12.1 Å². The number of ether oxygens (including phenoxy) is 2. The van der Waals surface area contributed by atoms with Crippen LogP contribution in [0.15, 0.2) is 48.5 Å². The van der Waals surface area contributed by atoms with Gasteiger partial charge in [0.15, 0.2) is 0 Å². The van der Waals surface area contributed by atoms with Crippen molar-refractivity contribution in [2.75, 3.05) is 27.3 Å². The van der Waals surface area contributed by atoms with Crippen molar-refractivity contribution in [3.63, 3.8) is 0 Å². The number of aryl methyl sites for hydroxylation is 2. The lowest BCUT2D eigenvalue weighted by atomic mass is 10.0. The lowest BCUT2D eigenvalue weighted by Gasteiger charge is -2.20. The molecule has 0 radical (unpaired) electrons. The number of para-hydroxylation sites is 1. The minimum atomic E-state index is -0.234. The van der Waals surface area contributed by atoms with Crippen LogP contribution in [-0.4, -0.2) is 49.5 Å². The van der Waals surface area contributed by atoms with Crippen molar-refractivity contribution >= 4 is 0 Å². The number of aliphatic hydroxyl groups is 1. The molecular weight excluding hydrogens is 314 g/mol. The third kappa shape index (κ3) is 4.74. The first-order valence-corrected chi connectivity index (χ1v) is 8.87. The second-order valence-electron chi connectivity index (χ2n) is 6.75. The summed E-state index contributed by atoms with van der Waals surface area (Å²) in [6, 6.07) is 16.7. The molecule has 25 heavy (non-hydrogen) atoms. The first kappa shape index (κ1) is 17.8. The maximum absolute atomic E-state index is 9.77. The molecule has 0 amide bonds. The number of nitrogens with zero attached hydrogens (tertiary/aromatic N) is 1. The van der Waals surface area contributed by atoms with Crippen LogP contribution in [0.25, 0.3) is 0 Å². The topological polar surface area (TPSA) is 41.9 Å². The fourth-order valence-electron chi connectivity index (χ4n) is 3.39. The smallest absolute Gasteiger partial charge is 0.122 e. The van der Waals surface area contributed by atoms with Crippen LogP contribution in [0.3, 0.4) is 0 Å². The van der Waals surface area contributed by atoms with Gasteiger partial charge in [-0.05, 0) is 55.6 Å². The Hall–Kier alpha value is -2.04. The molecule has 0 aromatic heterocycles. The Morgan fingerprint density at radius 3 is 2.72 bits per heavy atom. The van der Waals surface area contributed by atoms with E-state index in [0.29, 0.717) is 6.61 Å². The van der Waals surface area contributed by atoms with Gasteiger partial charge in [0.2, 0.25) is 0 Å². The highest BCUT2D eigenvalue weighted by molar-refractivity contribution is 5.35. The van der Waals surface area contributed by atoms with Gasteiger partial charge in [-0.25, -0.2) is 0 Å². The number of hydrogen-bond acceptors (Lipinski definition) is 4. The third-order valence-electron chi connectivity index (χ3n) is 4.89. The van der Waals surface area contributed by atoms with Gasteiger partial charge in [0.1, 0.15) is 18.1 Å². The number of methoxy groups -OCH3 is 1. The van der Waals surface area contributed by atoms with Gasteiger partial charge in [-0.1, -0.05) is 30.3 Å². The predicted molar refractivity (Wildman–Crippen MR) is 99.4 cm³/mol. The molecule has 2 aromatic carbocycles. The SMILES string of the molecule is COc1cccc(CCc2ccccc2OC[C@H]2C[C@@H](O)CN2C)c1. The maximum Gasteiger partial charge on any atom is 0.122 e. The number of benzene rings is 2. The van der Waals surface area contributed by atoms with Crippen molar-refractivity contribution in [1.29, 1.82) is 0 Å². The summed E-state index contributed by atoms with van der Waals surface area (Å²) in [7, 11) is 3.73. The van der Waals surface area contributed by atoms with Crippen LogP contribution < -0.4 is 9.47 Å². The number of β-amino-alcohol motifs (C(OH)–C–C–N with tert-alkyl or cyclic N) is 1. The Kier molecular flexibility index (Phi) is 5.95. The van der Waals surface area contributed by atoms with Crippen LogP contribution in [0.4, 0.5) is 0 Å². The third-order valence-corrected chi connectivity index (χ3v) is 4.89. The zero-order chi connectivity index (χ0) is 17.6. The number of likely N-dealkylation sites (tertiary alicyclic amines) is 1. The molecule has 1 N–H and O–H groups in total. The Labute approximate surface area is 150 Å². The average Bonchev–Trinajstić information content (AvgIpc) is 2.96. The highest BCUT2D eigenvalue weighted by Crippen LogP contribution is 2.23. The summed E-state index contributed by atoms with van der Waals surface area (Å²) in [5.74, 6) is 1.84. The van der Waals surface area contributed by atoms with Gasteiger partial charge in [0.25, 0.3) is 0 Å². The molecule has 1 aliphatic rings. The molecule has 1 fully saturated rings. The largest absolute Gasteiger partial charge is 0.497 e. The highest BCUT2D eigenvalue weighted by atomic mass is 16.5. The summed E-state index contributed by atoms with van der Waals surface area (Å²) in [5.41, 5.74) is 2.47. The van der Waals surface area contributed by atoms with Gasteiger partial charge >= 0.3 is 0 Å². The fourth-order valence-corrected chi connectivity index (χ4v) is 3.39. The molecule has 3 rings (SSSR count). The molecule has 1 saturated heterocycles. The predicted octanol–water partition coefficient (Wildman–Crippen LogP) is 2.92. The van der Waals surface area contributed by atoms with Crippen LogP contribution in [0.2, 0.25) is 0 Å². The molecule has 0 spiro atoms. The number of hydrogen-bond donors (Lipinski definition) is 1. The molecule has 0 unspecified atom stereocenters. The van der Waals surface area contributed by atoms with Gasteiger partial charge in [0, 0.05) is 12.6 Å². The van der Waals surface area contributed by atoms with E-state index in [4.69, 9.17) is 9.47 Å². The van der Waals surface area contributed by atoms with E-state index in [1.165, 1.54) is 11.1 Å². The lowest BCUT2D eigenvalue weighted by molar-refractivity contribution is 0.182. The highest BCUT2D eigenvalue weighted by Gasteiger charge is 2.28. The molecule has 134 valence electrons. The maximum atomic E-state index is 9.77. The van der Waals surface area contributed by atoms with Crippen molar-refractivity contribution in [1.82, 2.24) is 4.90 Å². The zero-order valence-electron chi connectivity index (χ0n) is 15.0. The van der Waals surface area contributed by atoms with Crippen LogP contribution in [0.1, 0.15) is 17.5 Å². The molecule has 1 aliphatic heterocycles. The normalized spacial score (nSPS) is 20.6.